The highest BCUT2D eigenvalue weighted by atomic mass is 28.3. The molecule has 3 heterocycles. The molecule has 0 bridgehead atoms. The summed E-state index contributed by atoms with van der Waals surface area (Å²) < 4.78 is 259. The number of ether oxygens (including phenoxy) is 1. The number of imidazole rings is 1. The summed E-state index contributed by atoms with van der Waals surface area (Å²) in [6.45, 7) is 2.78. The third-order valence-electron chi connectivity index (χ3n) is 13.4. The summed E-state index contributed by atoms with van der Waals surface area (Å²) in [6.07, 6.45) is 4.68. The van der Waals surface area contributed by atoms with E-state index in [1.54, 1.807) is 92.6 Å². The minimum absolute atomic E-state index is 0.0305. The first-order chi connectivity index (χ1) is 48.9. The maximum absolute atomic E-state index is 10.7. The summed E-state index contributed by atoms with van der Waals surface area (Å²) >= 11 is 0. The van der Waals surface area contributed by atoms with Crippen LogP contribution in [0, 0.1) is 13.2 Å². The van der Waals surface area contributed by atoms with Gasteiger partial charge in [-0.15, -0.1) is 0 Å². The van der Waals surface area contributed by atoms with Gasteiger partial charge in [0, 0.05) is 32.7 Å². The molecule has 0 atom stereocenters. The van der Waals surface area contributed by atoms with E-state index in [4.69, 9.17) is 33.0 Å². The largest absolute Gasteiger partial charge is 0.458 e. The summed E-state index contributed by atoms with van der Waals surface area (Å²) in [4.78, 5) is 4.70. The summed E-state index contributed by atoms with van der Waals surface area (Å²) in [5.41, 5.74) is 1.12. The van der Waals surface area contributed by atoms with Crippen molar-refractivity contribution < 1.29 is 46.3 Å². The van der Waals surface area contributed by atoms with Gasteiger partial charge >= 0.3 is 0 Å². The lowest BCUT2D eigenvalue weighted by atomic mass is 9.83. The van der Waals surface area contributed by atoms with Crippen LogP contribution in [0.3, 0.4) is 0 Å². The Labute approximate surface area is 489 Å². The van der Waals surface area contributed by atoms with Crippen LogP contribution in [0.2, 0.25) is 0 Å². The van der Waals surface area contributed by atoms with Gasteiger partial charge in [-0.25, -0.2) is 4.98 Å². The van der Waals surface area contributed by atoms with Crippen LogP contribution in [0.15, 0.2) is 266 Å². The maximum atomic E-state index is 10.7. The van der Waals surface area contributed by atoms with Crippen LogP contribution < -0.4 is 30.1 Å². The number of rotatable bonds is 11. The second kappa shape index (κ2) is 19.4. The lowest BCUT2D eigenvalue weighted by Crippen LogP contribution is -2.74. The Morgan fingerprint density at radius 3 is 1.86 bits per heavy atom. The Morgan fingerprint density at radius 1 is 0.545 bits per heavy atom. The summed E-state index contributed by atoms with van der Waals surface area (Å²) in [5.74, 6) is 0.748. The van der Waals surface area contributed by atoms with Crippen molar-refractivity contribution in [1.82, 2.24) is 14.1 Å². The van der Waals surface area contributed by atoms with Crippen molar-refractivity contribution in [3.05, 3.63) is 284 Å². The van der Waals surface area contributed by atoms with Crippen molar-refractivity contribution in [2.24, 2.45) is 0 Å². The molecule has 13 aromatic rings. The number of hydrogen-bond acceptors (Lipinski definition) is 2. The monoisotopic (exact) mass is 1040 g/mol. The zero-order valence-corrected chi connectivity index (χ0v) is 42.2. The minimum Gasteiger partial charge on any atom is -0.458 e. The zero-order valence-electron chi connectivity index (χ0n) is 68.2. The molecular weight excluding hydrogens is 953 g/mol. The molecule has 0 fully saturated rings. The highest BCUT2D eigenvalue weighted by Gasteiger charge is 2.41. The van der Waals surface area contributed by atoms with Gasteiger partial charge in [0.25, 0.3) is 6.33 Å². The fourth-order valence-corrected chi connectivity index (χ4v) is 13.5. The maximum Gasteiger partial charge on any atom is 0.269 e. The molecule has 0 amide bonds. The van der Waals surface area contributed by atoms with E-state index < -0.39 is 192 Å². The number of aromatic nitrogens is 4. The molecule has 0 N–H and O–H groups in total. The molecule has 6 heteroatoms. The predicted molar refractivity (Wildman–Crippen MR) is 320 cm³/mol. The van der Waals surface area contributed by atoms with Gasteiger partial charge in [-0.3, -0.25) is 13.7 Å². The second-order valence-electron chi connectivity index (χ2n) is 18.9. The van der Waals surface area contributed by atoms with E-state index in [1.165, 1.54) is 18.3 Å². The molecule has 0 saturated heterocycles. The third-order valence-corrected chi connectivity index (χ3v) is 17.4. The van der Waals surface area contributed by atoms with Crippen LogP contribution in [0.5, 0.6) is 11.5 Å². The summed E-state index contributed by atoms with van der Waals surface area (Å²) in [5, 5.41) is -2.34. The highest BCUT2D eigenvalue weighted by Crippen LogP contribution is 2.38. The zero-order chi connectivity index (χ0) is 75.5. The number of pyridine rings is 1. The fraction of sp³-hybridized carbons (Fsp3) is 0.0704. The van der Waals surface area contributed by atoms with Crippen LogP contribution in [0.1, 0.15) is 68.9 Å². The Kier molecular flexibility index (Phi) is 6.66. The van der Waals surface area contributed by atoms with Crippen molar-refractivity contribution in [1.29, 1.82) is 0 Å². The van der Waals surface area contributed by atoms with Gasteiger partial charge in [-0.2, -0.15) is 0 Å². The van der Waals surface area contributed by atoms with E-state index in [2.05, 4.69) is 6.33 Å². The molecule has 10 aromatic carbocycles. The van der Waals surface area contributed by atoms with Gasteiger partial charge < -0.3 is 4.74 Å². The Bertz CT molecular complexity index is 5620. The van der Waals surface area contributed by atoms with E-state index in [9.17, 15) is 13.7 Å². The average molecular weight is 1040 g/mol. The van der Waals surface area contributed by atoms with E-state index >= 15 is 0 Å². The first-order valence-corrected chi connectivity index (χ1v) is 26.2. The molecule has 5 nitrogen and oxygen atoms in total. The molecule has 0 spiro atoms. The van der Waals surface area contributed by atoms with Crippen molar-refractivity contribution in [2.45, 2.75) is 33.0 Å². The van der Waals surface area contributed by atoms with E-state index in [-0.39, 0.29) is 33.8 Å². The van der Waals surface area contributed by atoms with Gasteiger partial charge in [0.05, 0.1) is 66.3 Å². The third kappa shape index (κ3) is 8.35. The van der Waals surface area contributed by atoms with Crippen molar-refractivity contribution in [2.75, 3.05) is 0 Å². The van der Waals surface area contributed by atoms with Crippen molar-refractivity contribution in [3.63, 3.8) is 0 Å². The van der Waals surface area contributed by atoms with Crippen LogP contribution in [0.25, 0.3) is 72.3 Å². The number of benzene rings is 10. The molecule has 3 aromatic heterocycles. The first kappa shape index (κ1) is 26.4. The highest BCUT2D eigenvalue weighted by molar-refractivity contribution is 7.19. The summed E-state index contributed by atoms with van der Waals surface area (Å²) in [7, 11) is -6.22. The van der Waals surface area contributed by atoms with Crippen LogP contribution in [-0.2, 0) is 5.41 Å². The molecule has 0 aliphatic heterocycles. The Hall–Kier alpha value is -9.36. The molecule has 0 radical (unpaired) electrons. The minimum atomic E-state index is -6.22. The lowest BCUT2D eigenvalue weighted by molar-refractivity contribution is -0.572. The van der Waals surface area contributed by atoms with E-state index in [0.717, 1.165) is 10.8 Å². The molecule has 13 rings (SSSR count). The van der Waals surface area contributed by atoms with Gasteiger partial charge in [0.15, 0.2) is 8.07 Å². The van der Waals surface area contributed by atoms with Gasteiger partial charge in [-0.05, 0) is 103 Å². The molecule has 0 unspecified atom stereocenters. The molecule has 77 heavy (non-hydrogen) atoms. The smallest absolute Gasteiger partial charge is 0.269 e. The quantitative estimate of drug-likeness (QED) is 0.0560. The second-order valence-corrected chi connectivity index (χ2v) is 22.4. The standard InChI is InChI=1S/C71H56N4OSi/c1-50-44-69(72-48-63(50)51-24-9-5-10-25-51)75-65-39-18-17-36-61(65)62-43-42-55(47-68(62)75)76-54-28-22-27-53(46-54)73-49-74(67-41-20-19-40-66(67)73)70-60(37-23-38-64(70)71(2,3)4)52-26-21-35-59(45-52)77(56-29-11-6-12-30-56,57-31-13-7-14-32-57)58-33-15-8-16-34-58/h5-48H,1-4H3/i1D3,5D,6D,7D,8D,9D,10D,11D,12D,13D,14D,15D,16D,21D,24D,25D,26D,29D,30D,31D,32D,33D,34D,35D,45D. The average Bonchev–Trinajstić information content (AvgIpc) is 0.863. The molecule has 0 saturated carbocycles. The first-order valence-electron chi connectivity index (χ1n) is 37.7. The SMILES string of the molecule is [2H]c1c([2H])c([2H])c(-c2cnc(-n3c4ccccc4c4ccc(Oc5cccc(-n6[c-][n+](-c7c(-c8c([2H])c([2H])c([2H])c([Si](c9c([2H])c([2H])c([2H])c([2H])c9[2H])(c9c([2H])c([2H])c([2H])c([2H])c9[2H])c9c([2H])c([2H])c([2H])c([2H])c9[2H])c8[2H])cccc7C(C)(C)C)c7ccccc76)c5)cc43)cc2C([2H])([2H])[2H])c([2H])c1[2H]. The van der Waals surface area contributed by atoms with Crippen molar-refractivity contribution >= 4 is 61.7 Å². The normalized spacial score (nSPS) is 17.0. The number of fused-ring (bicyclic) bond motifs is 4. The fourth-order valence-electron chi connectivity index (χ4n) is 9.97. The number of hydrogen-bond donors (Lipinski definition) is 0. The van der Waals surface area contributed by atoms with Gasteiger partial charge in [0.1, 0.15) is 17.3 Å². The van der Waals surface area contributed by atoms with Crippen LogP contribution in [0.4, 0.5) is 0 Å². The van der Waals surface area contributed by atoms with Crippen molar-refractivity contribution in [3.8, 4) is 50.9 Å². The topological polar surface area (TPSA) is 35.9 Å². The number of para-hydroxylation sites is 4. The molecule has 370 valence electrons. The van der Waals surface area contributed by atoms with Crippen LogP contribution in [-0.4, -0.2) is 22.2 Å². The van der Waals surface area contributed by atoms with Gasteiger partial charge in [-0.1, -0.05) is 233 Å². The summed E-state index contributed by atoms with van der Waals surface area (Å²) in [6, 6.07) is 9.67. The molecule has 0 aliphatic rings. The number of nitrogens with zero attached hydrogens (tertiary/aromatic N) is 4. The van der Waals surface area contributed by atoms with E-state index in [1.807, 2.05) is 45.0 Å². The lowest BCUT2D eigenvalue weighted by Gasteiger charge is -2.35. The van der Waals surface area contributed by atoms with E-state index in [0.29, 0.717) is 44.8 Å². The van der Waals surface area contributed by atoms with Crippen LogP contribution >= 0.6 is 0 Å². The molecule has 0 aliphatic carbocycles. The number of aryl methyl sites for hydroxylation is 1. The Morgan fingerprint density at radius 2 is 1.16 bits per heavy atom. The van der Waals surface area contributed by atoms with Gasteiger partial charge in [0.2, 0.25) is 0 Å². The predicted octanol–water partition coefficient (Wildman–Crippen LogP) is 14.3. The molecular formula is C71H56N4OSi. The Balaban J connectivity index is 1.03.